The van der Waals surface area contributed by atoms with Gasteiger partial charge in [-0.05, 0) is 31.0 Å². The monoisotopic (exact) mass is 347 g/mol. The highest BCUT2D eigenvalue weighted by Gasteiger charge is 2.17. The molecule has 1 aromatic heterocycles. The van der Waals surface area contributed by atoms with Gasteiger partial charge in [-0.1, -0.05) is 47.5 Å². The third-order valence-corrected chi connectivity index (χ3v) is 3.98. The molecule has 0 radical (unpaired) electrons. The Morgan fingerprint density at radius 1 is 1.29 bits per heavy atom. The fraction of sp³-hybridized carbons (Fsp3) is 0.333. The molecule has 2 N–H and O–H groups in total. The van der Waals surface area contributed by atoms with Gasteiger partial charge in [-0.2, -0.15) is 0 Å². The van der Waals surface area contributed by atoms with Crippen molar-refractivity contribution in [1.82, 2.24) is 15.2 Å². The van der Waals surface area contributed by atoms with Gasteiger partial charge in [-0.25, -0.2) is 9.78 Å². The fourth-order valence-electron chi connectivity index (χ4n) is 2.26. The van der Waals surface area contributed by atoms with Crippen molar-refractivity contribution in [3.05, 3.63) is 64.4 Å². The number of pyridine rings is 1. The highest BCUT2D eigenvalue weighted by atomic mass is 35.5. The lowest BCUT2D eigenvalue weighted by molar-refractivity contribution is 0.123. The molecule has 0 bridgehead atoms. The average molecular weight is 348 g/mol. The van der Waals surface area contributed by atoms with Crippen LogP contribution in [0.4, 0.5) is 4.79 Å². The number of nitrogens with one attached hydrogen (secondary N) is 1. The number of carbonyl (C=O) groups is 1. The van der Waals surface area contributed by atoms with E-state index in [1.54, 1.807) is 17.2 Å². The number of amides is 2. The van der Waals surface area contributed by atoms with Crippen LogP contribution >= 0.6 is 11.6 Å². The van der Waals surface area contributed by atoms with Gasteiger partial charge >= 0.3 is 6.03 Å². The molecule has 2 aromatic rings. The molecule has 24 heavy (non-hydrogen) atoms. The quantitative estimate of drug-likeness (QED) is 0.788. The predicted molar refractivity (Wildman–Crippen MR) is 94.9 cm³/mol. The molecule has 0 fully saturated rings. The minimum atomic E-state index is -0.714. The van der Waals surface area contributed by atoms with Gasteiger partial charge in [0.15, 0.2) is 0 Å². The van der Waals surface area contributed by atoms with Crippen molar-refractivity contribution in [2.75, 3.05) is 13.1 Å². The van der Waals surface area contributed by atoms with Gasteiger partial charge in [0.05, 0.1) is 12.6 Å². The van der Waals surface area contributed by atoms with Crippen LogP contribution in [0.15, 0.2) is 42.6 Å². The molecule has 2 amide bonds. The number of halogens is 1. The smallest absolute Gasteiger partial charge is 0.317 e. The number of aromatic nitrogens is 1. The molecule has 0 spiro atoms. The molecule has 128 valence electrons. The van der Waals surface area contributed by atoms with Gasteiger partial charge in [-0.15, -0.1) is 0 Å². The predicted octanol–water partition coefficient (Wildman–Crippen LogP) is 3.31. The third-order valence-electron chi connectivity index (χ3n) is 3.76. The Morgan fingerprint density at radius 2 is 2.00 bits per heavy atom. The number of hydrogen-bond acceptors (Lipinski definition) is 3. The molecule has 6 heteroatoms. The van der Waals surface area contributed by atoms with Gasteiger partial charge in [-0.3, -0.25) is 0 Å². The van der Waals surface area contributed by atoms with Crippen LogP contribution < -0.4 is 5.32 Å². The highest BCUT2D eigenvalue weighted by Crippen LogP contribution is 2.15. The van der Waals surface area contributed by atoms with E-state index >= 15 is 0 Å². The van der Waals surface area contributed by atoms with Crippen molar-refractivity contribution < 1.29 is 9.90 Å². The Balaban J connectivity index is 1.90. The number of rotatable bonds is 6. The summed E-state index contributed by atoms with van der Waals surface area (Å²) in [5.41, 5.74) is 2.80. The number of nitrogens with zero attached hydrogens (tertiary/aromatic N) is 2. The minimum absolute atomic E-state index is 0.224. The molecule has 1 atom stereocenters. The maximum absolute atomic E-state index is 12.3. The Kier molecular flexibility index (Phi) is 6.58. The maximum Gasteiger partial charge on any atom is 0.317 e. The zero-order chi connectivity index (χ0) is 17.5. The summed E-state index contributed by atoms with van der Waals surface area (Å²) in [7, 11) is 0. The van der Waals surface area contributed by atoms with Crippen molar-refractivity contribution in [3.63, 3.8) is 0 Å². The van der Waals surface area contributed by atoms with Crippen LogP contribution in [0.1, 0.15) is 29.7 Å². The van der Waals surface area contributed by atoms with Crippen molar-refractivity contribution in [2.24, 2.45) is 0 Å². The summed E-state index contributed by atoms with van der Waals surface area (Å²) in [5.74, 6) is 0. The summed E-state index contributed by atoms with van der Waals surface area (Å²) >= 11 is 5.74. The Labute approximate surface area is 147 Å². The summed E-state index contributed by atoms with van der Waals surface area (Å²) < 4.78 is 0. The molecule has 0 saturated heterocycles. The van der Waals surface area contributed by atoms with Gasteiger partial charge in [0.2, 0.25) is 0 Å². The number of benzene rings is 1. The fourth-order valence-corrected chi connectivity index (χ4v) is 2.37. The first-order valence-corrected chi connectivity index (χ1v) is 8.25. The van der Waals surface area contributed by atoms with Crippen molar-refractivity contribution in [3.8, 4) is 0 Å². The highest BCUT2D eigenvalue weighted by molar-refractivity contribution is 6.29. The average Bonchev–Trinajstić information content (AvgIpc) is 2.59. The molecule has 0 aliphatic carbocycles. The molecule has 1 aromatic carbocycles. The van der Waals surface area contributed by atoms with Gasteiger partial charge in [0.1, 0.15) is 5.15 Å². The SMILES string of the molecule is CCN(CC(O)c1ccc(C)cc1)C(=O)NCc1ccc(Cl)nc1. The van der Waals surface area contributed by atoms with Gasteiger partial charge in [0, 0.05) is 19.3 Å². The number of aryl methyl sites for hydroxylation is 1. The van der Waals surface area contributed by atoms with E-state index in [1.807, 2.05) is 44.2 Å². The Hall–Kier alpha value is -2.11. The van der Waals surface area contributed by atoms with Gasteiger partial charge < -0.3 is 15.3 Å². The van der Waals surface area contributed by atoms with Crippen LogP contribution in [0, 0.1) is 6.92 Å². The molecule has 1 heterocycles. The summed E-state index contributed by atoms with van der Waals surface area (Å²) in [6.45, 7) is 4.98. The van der Waals surface area contributed by atoms with E-state index in [0.29, 0.717) is 18.2 Å². The van der Waals surface area contributed by atoms with Crippen LogP contribution in [0.25, 0.3) is 0 Å². The second-order valence-electron chi connectivity index (χ2n) is 5.61. The molecule has 0 aliphatic rings. The second kappa shape index (κ2) is 8.66. The van der Waals surface area contributed by atoms with Crippen LogP contribution in [-0.4, -0.2) is 34.1 Å². The van der Waals surface area contributed by atoms with E-state index < -0.39 is 6.10 Å². The van der Waals surface area contributed by atoms with Crippen LogP contribution in [0.5, 0.6) is 0 Å². The molecule has 0 aliphatic heterocycles. The zero-order valence-corrected chi connectivity index (χ0v) is 14.6. The first kappa shape index (κ1) is 18.2. The van der Waals surface area contributed by atoms with Crippen molar-refractivity contribution in [1.29, 1.82) is 0 Å². The largest absolute Gasteiger partial charge is 0.387 e. The van der Waals surface area contributed by atoms with Crippen LogP contribution in [0.3, 0.4) is 0 Å². The first-order valence-electron chi connectivity index (χ1n) is 7.87. The number of aliphatic hydroxyl groups excluding tert-OH is 1. The molecule has 2 rings (SSSR count). The number of likely N-dealkylation sites (N-methyl/N-ethyl adjacent to an activating group) is 1. The van der Waals surface area contributed by atoms with E-state index in [4.69, 9.17) is 11.6 Å². The van der Waals surface area contributed by atoms with E-state index in [2.05, 4.69) is 10.3 Å². The number of urea groups is 1. The molecular formula is C18H22ClN3O2. The summed E-state index contributed by atoms with van der Waals surface area (Å²) in [6, 6.07) is 10.9. The number of aliphatic hydroxyl groups is 1. The maximum atomic E-state index is 12.3. The molecule has 0 saturated carbocycles. The lowest BCUT2D eigenvalue weighted by Crippen LogP contribution is -2.41. The number of carbonyl (C=O) groups excluding carboxylic acids is 1. The summed E-state index contributed by atoms with van der Waals surface area (Å²) in [6.07, 6.45) is 0.911. The molecule has 5 nitrogen and oxygen atoms in total. The van der Waals surface area contributed by atoms with Crippen molar-refractivity contribution >= 4 is 17.6 Å². The topological polar surface area (TPSA) is 65.5 Å². The van der Waals surface area contributed by atoms with E-state index in [-0.39, 0.29) is 12.6 Å². The van der Waals surface area contributed by atoms with E-state index in [1.165, 1.54) is 0 Å². The van der Waals surface area contributed by atoms with Crippen molar-refractivity contribution in [2.45, 2.75) is 26.5 Å². The molecular weight excluding hydrogens is 326 g/mol. The van der Waals surface area contributed by atoms with E-state index in [0.717, 1.165) is 16.7 Å². The zero-order valence-electron chi connectivity index (χ0n) is 13.9. The van der Waals surface area contributed by atoms with Gasteiger partial charge in [0.25, 0.3) is 0 Å². The van der Waals surface area contributed by atoms with Crippen LogP contribution in [0.2, 0.25) is 5.15 Å². The molecule has 1 unspecified atom stereocenters. The van der Waals surface area contributed by atoms with E-state index in [9.17, 15) is 9.90 Å². The lowest BCUT2D eigenvalue weighted by atomic mass is 10.1. The standard InChI is InChI=1S/C18H22ClN3O2/c1-3-22(12-16(23)15-7-4-13(2)5-8-15)18(24)21-11-14-6-9-17(19)20-10-14/h4-10,16,23H,3,11-12H2,1-2H3,(H,21,24). The second-order valence-corrected chi connectivity index (χ2v) is 6.00. The third kappa shape index (κ3) is 5.22. The normalized spacial score (nSPS) is 11.8. The summed E-state index contributed by atoms with van der Waals surface area (Å²) in [4.78, 5) is 17.8. The number of hydrogen-bond donors (Lipinski definition) is 2. The lowest BCUT2D eigenvalue weighted by Gasteiger charge is -2.24. The summed E-state index contributed by atoms with van der Waals surface area (Å²) in [5, 5.41) is 13.6. The minimum Gasteiger partial charge on any atom is -0.387 e. The first-order chi connectivity index (χ1) is 11.5. The Morgan fingerprint density at radius 3 is 2.58 bits per heavy atom. The van der Waals surface area contributed by atoms with Crippen LogP contribution in [-0.2, 0) is 6.54 Å². The Bertz CT molecular complexity index is 659.